The Labute approximate surface area is 127 Å². The molecule has 1 aromatic heterocycles. The molecule has 0 aliphatic carbocycles. The molecule has 0 saturated carbocycles. The fraction of sp³-hybridized carbons (Fsp3) is 0.143. The van der Waals surface area contributed by atoms with Gasteiger partial charge < -0.3 is 5.32 Å². The summed E-state index contributed by atoms with van der Waals surface area (Å²) < 4.78 is 37.9. The Hall–Kier alpha value is -2.32. The predicted molar refractivity (Wildman–Crippen MR) is 79.5 cm³/mol. The molecular formula is C14H14FN3O3S. The van der Waals surface area contributed by atoms with E-state index in [9.17, 15) is 17.6 Å². The fourth-order valence-corrected chi connectivity index (χ4v) is 2.57. The quantitative estimate of drug-likeness (QED) is 0.929. The molecule has 8 heteroatoms. The normalized spacial score (nSPS) is 11.5. The van der Waals surface area contributed by atoms with Crippen LogP contribution in [-0.2, 0) is 10.0 Å². The lowest BCUT2D eigenvalue weighted by atomic mass is 10.2. The highest BCUT2D eigenvalue weighted by atomic mass is 32.2. The lowest BCUT2D eigenvalue weighted by Gasteiger charge is -2.11. The first-order valence-corrected chi connectivity index (χ1v) is 7.69. The van der Waals surface area contributed by atoms with Crippen molar-refractivity contribution >= 4 is 21.6 Å². The minimum absolute atomic E-state index is 0.0847. The first kappa shape index (κ1) is 16.1. The molecule has 0 bridgehead atoms. The number of carbonyl (C=O) groups excluding carboxylic acids is 1. The van der Waals surface area contributed by atoms with Gasteiger partial charge >= 0.3 is 0 Å². The number of sulfonamides is 1. The molecule has 22 heavy (non-hydrogen) atoms. The van der Waals surface area contributed by atoms with Gasteiger partial charge in [0.1, 0.15) is 5.82 Å². The number of anilines is 1. The summed E-state index contributed by atoms with van der Waals surface area (Å²) in [6, 6.07) is 6.59. The molecule has 1 amide bonds. The number of benzene rings is 1. The van der Waals surface area contributed by atoms with E-state index in [1.807, 2.05) is 0 Å². The lowest BCUT2D eigenvalue weighted by molar-refractivity contribution is 0.102. The van der Waals surface area contributed by atoms with Gasteiger partial charge in [-0.3, -0.25) is 9.78 Å². The number of amides is 1. The molecule has 0 aliphatic rings. The van der Waals surface area contributed by atoms with Crippen molar-refractivity contribution in [3.63, 3.8) is 0 Å². The third kappa shape index (κ3) is 3.46. The fourth-order valence-electron chi connectivity index (χ4n) is 1.67. The topological polar surface area (TPSA) is 79.4 Å². The summed E-state index contributed by atoms with van der Waals surface area (Å²) in [7, 11) is -0.695. The average Bonchev–Trinajstić information content (AvgIpc) is 2.47. The van der Waals surface area contributed by atoms with E-state index in [-0.39, 0.29) is 16.1 Å². The monoisotopic (exact) mass is 323 g/mol. The third-order valence-electron chi connectivity index (χ3n) is 2.86. The van der Waals surface area contributed by atoms with Gasteiger partial charge in [0.2, 0.25) is 10.0 Å². The van der Waals surface area contributed by atoms with Gasteiger partial charge in [-0.2, -0.15) is 0 Å². The Bertz CT molecular complexity index is 789. The Morgan fingerprint density at radius 1 is 1.18 bits per heavy atom. The van der Waals surface area contributed by atoms with Crippen LogP contribution in [-0.4, -0.2) is 37.7 Å². The highest BCUT2D eigenvalue weighted by Gasteiger charge is 2.17. The molecule has 0 unspecified atom stereocenters. The van der Waals surface area contributed by atoms with Crippen LogP contribution < -0.4 is 5.32 Å². The van der Waals surface area contributed by atoms with Crippen LogP contribution in [0.2, 0.25) is 0 Å². The second kappa shape index (κ2) is 6.20. The molecule has 116 valence electrons. The number of carbonyl (C=O) groups is 1. The summed E-state index contributed by atoms with van der Waals surface area (Å²) in [6.45, 7) is 0. The smallest absolute Gasteiger partial charge is 0.255 e. The van der Waals surface area contributed by atoms with Crippen LogP contribution in [0.5, 0.6) is 0 Å². The maximum absolute atomic E-state index is 13.0. The number of hydrogen-bond donors (Lipinski definition) is 1. The van der Waals surface area contributed by atoms with Crippen molar-refractivity contribution in [2.75, 3.05) is 19.4 Å². The number of halogens is 1. The van der Waals surface area contributed by atoms with E-state index in [2.05, 4.69) is 10.3 Å². The minimum Gasteiger partial charge on any atom is -0.320 e. The molecule has 2 rings (SSSR count). The molecule has 1 N–H and O–H groups in total. The van der Waals surface area contributed by atoms with Crippen LogP contribution >= 0.6 is 0 Å². The largest absolute Gasteiger partial charge is 0.320 e. The zero-order valence-corrected chi connectivity index (χ0v) is 12.8. The number of aromatic nitrogens is 1. The Morgan fingerprint density at radius 2 is 1.82 bits per heavy atom. The van der Waals surface area contributed by atoms with Crippen LogP contribution in [0, 0.1) is 5.82 Å². The highest BCUT2D eigenvalue weighted by Crippen LogP contribution is 2.15. The van der Waals surface area contributed by atoms with Gasteiger partial charge in [-0.25, -0.2) is 17.1 Å². The van der Waals surface area contributed by atoms with Gasteiger partial charge in [0.05, 0.1) is 23.0 Å². The molecule has 0 fully saturated rings. The number of pyridine rings is 1. The van der Waals surface area contributed by atoms with Crippen molar-refractivity contribution in [3.8, 4) is 0 Å². The van der Waals surface area contributed by atoms with E-state index >= 15 is 0 Å². The maximum atomic E-state index is 13.0. The summed E-state index contributed by atoms with van der Waals surface area (Å²) in [6.07, 6.45) is 2.34. The summed E-state index contributed by atoms with van der Waals surface area (Å²) >= 11 is 0. The van der Waals surface area contributed by atoms with Gasteiger partial charge in [-0.1, -0.05) is 0 Å². The molecule has 0 saturated heterocycles. The van der Waals surface area contributed by atoms with Gasteiger partial charge in [0.25, 0.3) is 5.91 Å². The summed E-state index contributed by atoms with van der Waals surface area (Å²) in [5.41, 5.74) is 0.469. The van der Waals surface area contributed by atoms with Gasteiger partial charge in [0, 0.05) is 25.7 Å². The van der Waals surface area contributed by atoms with E-state index in [1.54, 1.807) is 0 Å². The standard InChI is InChI=1S/C14H14FN3O3S/c1-18(2)22(20,21)13-5-3-10(4-6-13)14(19)17-12-7-11(15)8-16-9-12/h3-9H,1-2H3,(H,17,19). The van der Waals surface area contributed by atoms with Crippen molar-refractivity contribution < 1.29 is 17.6 Å². The Morgan fingerprint density at radius 3 is 2.36 bits per heavy atom. The third-order valence-corrected chi connectivity index (χ3v) is 4.69. The van der Waals surface area contributed by atoms with E-state index in [4.69, 9.17) is 0 Å². The molecule has 0 atom stereocenters. The Kier molecular flexibility index (Phi) is 4.53. The second-order valence-corrected chi connectivity index (χ2v) is 6.81. The molecule has 0 radical (unpaired) electrons. The van der Waals surface area contributed by atoms with Gasteiger partial charge in [-0.15, -0.1) is 0 Å². The SMILES string of the molecule is CN(C)S(=O)(=O)c1ccc(C(=O)Nc2cncc(F)c2)cc1. The molecular weight excluding hydrogens is 309 g/mol. The van der Waals surface area contributed by atoms with Crippen LogP contribution in [0.3, 0.4) is 0 Å². The first-order chi connectivity index (χ1) is 10.3. The van der Waals surface area contributed by atoms with Crippen LogP contribution in [0.25, 0.3) is 0 Å². The molecule has 1 heterocycles. The number of hydrogen-bond acceptors (Lipinski definition) is 4. The zero-order valence-electron chi connectivity index (χ0n) is 11.9. The first-order valence-electron chi connectivity index (χ1n) is 6.25. The maximum Gasteiger partial charge on any atom is 0.255 e. The summed E-state index contributed by atoms with van der Waals surface area (Å²) in [5.74, 6) is -1.05. The van der Waals surface area contributed by atoms with Crippen molar-refractivity contribution in [1.82, 2.24) is 9.29 Å². The number of nitrogens with zero attached hydrogens (tertiary/aromatic N) is 2. The van der Waals surface area contributed by atoms with E-state index in [0.29, 0.717) is 0 Å². The second-order valence-electron chi connectivity index (χ2n) is 4.66. The van der Waals surface area contributed by atoms with Crippen molar-refractivity contribution in [3.05, 3.63) is 54.1 Å². The van der Waals surface area contributed by atoms with E-state index in [1.165, 1.54) is 44.6 Å². The molecule has 6 nitrogen and oxygen atoms in total. The predicted octanol–water partition coefficient (Wildman–Crippen LogP) is 1.72. The zero-order chi connectivity index (χ0) is 16.3. The van der Waals surface area contributed by atoms with Gasteiger partial charge in [-0.05, 0) is 24.3 Å². The molecule has 2 aromatic rings. The number of rotatable bonds is 4. The van der Waals surface area contributed by atoms with Crippen molar-refractivity contribution in [2.45, 2.75) is 4.90 Å². The summed E-state index contributed by atoms with van der Waals surface area (Å²) in [5, 5.41) is 2.48. The van der Waals surface area contributed by atoms with Crippen molar-refractivity contribution in [2.24, 2.45) is 0 Å². The minimum atomic E-state index is -3.54. The average molecular weight is 323 g/mol. The van der Waals surface area contributed by atoms with E-state index in [0.717, 1.165) is 16.6 Å². The highest BCUT2D eigenvalue weighted by molar-refractivity contribution is 7.89. The van der Waals surface area contributed by atoms with Crippen LogP contribution in [0.1, 0.15) is 10.4 Å². The van der Waals surface area contributed by atoms with Gasteiger partial charge in [0.15, 0.2) is 0 Å². The molecule has 1 aromatic carbocycles. The van der Waals surface area contributed by atoms with Crippen molar-refractivity contribution in [1.29, 1.82) is 0 Å². The molecule has 0 spiro atoms. The van der Waals surface area contributed by atoms with E-state index < -0.39 is 21.7 Å². The Balaban J connectivity index is 2.19. The number of nitrogens with one attached hydrogen (secondary N) is 1. The molecule has 0 aliphatic heterocycles. The lowest BCUT2D eigenvalue weighted by Crippen LogP contribution is -2.22. The summed E-state index contributed by atoms with van der Waals surface area (Å²) in [4.78, 5) is 15.7. The van der Waals surface area contributed by atoms with Crippen LogP contribution in [0.15, 0.2) is 47.6 Å². The van der Waals surface area contributed by atoms with Crippen LogP contribution in [0.4, 0.5) is 10.1 Å².